The van der Waals surface area contributed by atoms with Crippen LogP contribution in [0.25, 0.3) is 0 Å². The number of rotatable bonds is 12. The molecule has 4 aromatic carbocycles. The first kappa shape index (κ1) is 32.3. The van der Waals surface area contributed by atoms with Crippen LogP contribution in [0.5, 0.6) is 0 Å². The van der Waals surface area contributed by atoms with Gasteiger partial charge >= 0.3 is 0 Å². The maximum Gasteiger partial charge on any atom is 0.264 e. The van der Waals surface area contributed by atoms with Crippen LogP contribution in [-0.4, -0.2) is 43.8 Å². The second-order valence-electron chi connectivity index (χ2n) is 11.5. The fourth-order valence-corrected chi connectivity index (χ4v) is 7.33. The number of halogens is 1. The Kier molecular flexibility index (Phi) is 10.6. The smallest absolute Gasteiger partial charge is 0.264 e. The van der Waals surface area contributed by atoms with E-state index in [0.717, 1.165) is 46.7 Å². The minimum atomic E-state index is -4.18. The Morgan fingerprint density at radius 2 is 1.47 bits per heavy atom. The van der Waals surface area contributed by atoms with Crippen LogP contribution in [-0.2, 0) is 32.6 Å². The second-order valence-corrected chi connectivity index (χ2v) is 13.8. The molecule has 0 bridgehead atoms. The van der Waals surface area contributed by atoms with Crippen LogP contribution in [0.1, 0.15) is 42.4 Å². The molecule has 1 N–H and O–H groups in total. The number of aryl methyl sites for hydroxylation is 1. The van der Waals surface area contributed by atoms with Crippen LogP contribution in [0.3, 0.4) is 0 Å². The number of carbonyl (C=O) groups is 2. The molecule has 1 saturated carbocycles. The predicted molar refractivity (Wildman–Crippen MR) is 178 cm³/mol. The maximum atomic E-state index is 14.5. The Morgan fingerprint density at radius 3 is 2.11 bits per heavy atom. The van der Waals surface area contributed by atoms with Crippen LogP contribution >= 0.6 is 11.6 Å². The van der Waals surface area contributed by atoms with Gasteiger partial charge in [0.25, 0.3) is 10.0 Å². The van der Waals surface area contributed by atoms with Gasteiger partial charge in [0.05, 0.1) is 10.6 Å². The number of hydrogen-bond acceptors (Lipinski definition) is 4. The van der Waals surface area contributed by atoms with E-state index in [-0.39, 0.29) is 29.8 Å². The Bertz CT molecular complexity index is 1690. The monoisotopic (exact) mass is 643 g/mol. The van der Waals surface area contributed by atoms with E-state index >= 15 is 0 Å². The van der Waals surface area contributed by atoms with Crippen molar-refractivity contribution in [1.29, 1.82) is 0 Å². The third-order valence-corrected chi connectivity index (χ3v) is 10.2. The number of benzene rings is 4. The first-order valence-corrected chi connectivity index (χ1v) is 17.1. The molecular formula is C36H38ClN3O4S. The molecule has 234 valence electrons. The molecule has 0 radical (unpaired) electrons. The summed E-state index contributed by atoms with van der Waals surface area (Å²) in [7, 11) is -4.18. The summed E-state index contributed by atoms with van der Waals surface area (Å²) < 4.78 is 29.2. The average Bonchev–Trinajstić information content (AvgIpc) is 3.55. The van der Waals surface area contributed by atoms with Gasteiger partial charge in [0.2, 0.25) is 11.8 Å². The van der Waals surface area contributed by atoms with Crippen molar-refractivity contribution in [2.24, 2.45) is 0 Å². The predicted octanol–water partition coefficient (Wildman–Crippen LogP) is 6.54. The lowest BCUT2D eigenvalue weighted by molar-refractivity contribution is -0.140. The van der Waals surface area contributed by atoms with E-state index in [1.54, 1.807) is 35.2 Å². The third kappa shape index (κ3) is 8.32. The molecule has 9 heteroatoms. The molecule has 2 amide bonds. The number of para-hydroxylation sites is 1. The summed E-state index contributed by atoms with van der Waals surface area (Å²) in [5.41, 5.74) is 3.11. The van der Waals surface area contributed by atoms with E-state index in [0.29, 0.717) is 10.7 Å². The fraction of sp³-hybridized carbons (Fsp3) is 0.278. The molecule has 1 atom stereocenters. The normalized spacial score (nSPS) is 14.1. The van der Waals surface area contributed by atoms with Gasteiger partial charge in [-0.25, -0.2) is 8.42 Å². The number of nitrogens with zero attached hydrogens (tertiary/aromatic N) is 2. The van der Waals surface area contributed by atoms with Gasteiger partial charge < -0.3 is 10.2 Å². The first-order valence-electron chi connectivity index (χ1n) is 15.2. The lowest BCUT2D eigenvalue weighted by Gasteiger charge is -2.34. The molecule has 7 nitrogen and oxygen atoms in total. The number of amides is 2. The Morgan fingerprint density at radius 1 is 0.844 bits per heavy atom. The van der Waals surface area contributed by atoms with Crippen molar-refractivity contribution in [2.75, 3.05) is 10.8 Å². The maximum absolute atomic E-state index is 14.5. The Hall–Kier alpha value is -4.14. The van der Waals surface area contributed by atoms with Gasteiger partial charge in [-0.2, -0.15) is 0 Å². The molecule has 0 spiro atoms. The molecule has 45 heavy (non-hydrogen) atoms. The van der Waals surface area contributed by atoms with E-state index < -0.39 is 28.5 Å². The van der Waals surface area contributed by atoms with E-state index in [4.69, 9.17) is 11.6 Å². The summed E-state index contributed by atoms with van der Waals surface area (Å²) in [5, 5.41) is 3.60. The first-order chi connectivity index (χ1) is 21.7. The highest BCUT2D eigenvalue weighted by molar-refractivity contribution is 7.92. The van der Waals surface area contributed by atoms with Crippen molar-refractivity contribution in [2.45, 2.75) is 62.6 Å². The van der Waals surface area contributed by atoms with Gasteiger partial charge in [0.1, 0.15) is 12.6 Å². The number of nitrogens with one attached hydrogen (secondary N) is 1. The molecule has 1 fully saturated rings. The van der Waals surface area contributed by atoms with Crippen molar-refractivity contribution in [3.63, 3.8) is 0 Å². The molecule has 0 heterocycles. The number of sulfonamides is 1. The van der Waals surface area contributed by atoms with Crippen LogP contribution in [0.15, 0.2) is 114 Å². The molecule has 4 aromatic rings. The highest BCUT2D eigenvalue weighted by atomic mass is 35.5. The van der Waals surface area contributed by atoms with Crippen molar-refractivity contribution in [3.05, 3.63) is 131 Å². The summed E-state index contributed by atoms with van der Waals surface area (Å²) in [6.07, 6.45) is 4.18. The van der Waals surface area contributed by atoms with E-state index in [9.17, 15) is 18.0 Å². The molecule has 1 aliphatic carbocycles. The molecule has 0 aromatic heterocycles. The van der Waals surface area contributed by atoms with Gasteiger partial charge in [0.15, 0.2) is 0 Å². The summed E-state index contributed by atoms with van der Waals surface area (Å²) in [4.78, 5) is 30.2. The van der Waals surface area contributed by atoms with E-state index in [1.165, 1.54) is 24.3 Å². The number of anilines is 1. The van der Waals surface area contributed by atoms with Crippen LogP contribution in [0, 0.1) is 6.92 Å². The highest BCUT2D eigenvalue weighted by Crippen LogP contribution is 2.26. The van der Waals surface area contributed by atoms with Crippen LogP contribution < -0.4 is 9.62 Å². The van der Waals surface area contributed by atoms with Crippen LogP contribution in [0.4, 0.5) is 5.69 Å². The molecule has 0 saturated heterocycles. The minimum Gasteiger partial charge on any atom is -0.352 e. The summed E-state index contributed by atoms with van der Waals surface area (Å²) in [6, 6.07) is 31.0. The minimum absolute atomic E-state index is 0.00796. The molecule has 1 unspecified atom stereocenters. The third-order valence-electron chi connectivity index (χ3n) is 8.13. The Labute approximate surface area is 270 Å². The summed E-state index contributed by atoms with van der Waals surface area (Å²) in [5.74, 6) is -0.723. The summed E-state index contributed by atoms with van der Waals surface area (Å²) >= 11 is 6.06. The molecule has 0 aliphatic heterocycles. The molecule has 5 rings (SSSR count). The van der Waals surface area contributed by atoms with Gasteiger partial charge in [-0.3, -0.25) is 13.9 Å². The SMILES string of the molecule is Cc1cccc(CN(C(=O)CN(c2ccccc2)S(=O)(=O)c2ccc(Cl)cc2)C(Cc2ccccc2)C(=O)NC2CCCC2)c1. The van der Waals surface area contributed by atoms with Crippen LogP contribution in [0.2, 0.25) is 5.02 Å². The zero-order valence-corrected chi connectivity index (χ0v) is 26.9. The van der Waals surface area contributed by atoms with Crippen molar-refractivity contribution in [3.8, 4) is 0 Å². The van der Waals surface area contributed by atoms with Crippen molar-refractivity contribution >= 4 is 39.1 Å². The van der Waals surface area contributed by atoms with Gasteiger partial charge in [-0.15, -0.1) is 0 Å². The topological polar surface area (TPSA) is 86.8 Å². The van der Waals surface area contributed by atoms with E-state index in [2.05, 4.69) is 5.32 Å². The Balaban J connectivity index is 1.55. The zero-order chi connectivity index (χ0) is 31.8. The number of carbonyl (C=O) groups excluding carboxylic acids is 2. The quantitative estimate of drug-likeness (QED) is 0.190. The second kappa shape index (κ2) is 14.8. The highest BCUT2D eigenvalue weighted by Gasteiger charge is 2.35. The van der Waals surface area contributed by atoms with Gasteiger partial charge in [-0.05, 0) is 67.3 Å². The standard InChI is InChI=1S/C36H38ClN3O4S/c1-27-11-10-14-29(23-27)25-39(34(24-28-12-4-2-5-13-28)36(42)38-31-15-8-9-16-31)35(41)26-40(32-17-6-3-7-18-32)45(43,44)33-21-19-30(37)20-22-33/h2-7,10-14,17-23,31,34H,8-9,15-16,24-26H2,1H3,(H,38,42). The van der Waals surface area contributed by atoms with Crippen molar-refractivity contribution < 1.29 is 18.0 Å². The van der Waals surface area contributed by atoms with Gasteiger partial charge in [0, 0.05) is 24.0 Å². The van der Waals surface area contributed by atoms with Crippen molar-refractivity contribution in [1.82, 2.24) is 10.2 Å². The molecule has 1 aliphatic rings. The lowest BCUT2D eigenvalue weighted by Crippen LogP contribution is -2.54. The summed E-state index contributed by atoms with van der Waals surface area (Å²) in [6.45, 7) is 1.61. The molecular weight excluding hydrogens is 606 g/mol. The van der Waals surface area contributed by atoms with E-state index in [1.807, 2.05) is 61.5 Å². The van der Waals surface area contributed by atoms with Gasteiger partial charge in [-0.1, -0.05) is 103 Å². The average molecular weight is 644 g/mol. The zero-order valence-electron chi connectivity index (χ0n) is 25.3. The largest absolute Gasteiger partial charge is 0.352 e. The lowest BCUT2D eigenvalue weighted by atomic mass is 10.0. The number of hydrogen-bond donors (Lipinski definition) is 1. The fourth-order valence-electron chi connectivity index (χ4n) is 5.79.